The van der Waals surface area contributed by atoms with E-state index in [1.165, 1.54) is 0 Å². The summed E-state index contributed by atoms with van der Waals surface area (Å²) in [5, 5.41) is 0. The Balaban J connectivity index is 2.74. The Hall–Kier alpha value is -1.38. The quantitative estimate of drug-likeness (QED) is 0.679. The number of hydrogen-bond donors (Lipinski definition) is 0. The summed E-state index contributed by atoms with van der Waals surface area (Å²) in [6, 6.07) is 3.54. The summed E-state index contributed by atoms with van der Waals surface area (Å²) in [6.07, 6.45) is 1.64. The first-order chi connectivity index (χ1) is 6.59. The molecule has 0 bridgehead atoms. The third kappa shape index (κ3) is 1.29. The number of imidazole rings is 1. The van der Waals surface area contributed by atoms with Gasteiger partial charge in [-0.25, -0.2) is 9.37 Å². The number of rotatable bonds is 1. The molecule has 0 fully saturated rings. The summed E-state index contributed by atoms with van der Waals surface area (Å²) >= 11 is 0. The predicted octanol–water partition coefficient (Wildman–Crippen LogP) is 2.84. The topological polar surface area (TPSA) is 17.8 Å². The maximum absolute atomic E-state index is 13.6. The lowest BCUT2D eigenvalue weighted by Gasteiger charge is -2.05. The van der Waals surface area contributed by atoms with Crippen LogP contribution < -0.4 is 0 Å². The van der Waals surface area contributed by atoms with Crippen LogP contribution in [0.4, 0.5) is 4.39 Å². The number of hydrogen-bond acceptors (Lipinski definition) is 1. The molecule has 0 unspecified atom stereocenters. The first-order valence-corrected chi connectivity index (χ1v) is 4.70. The second kappa shape index (κ2) is 3.08. The molecule has 1 heterocycles. The van der Waals surface area contributed by atoms with Crippen LogP contribution in [0, 0.1) is 5.82 Å². The van der Waals surface area contributed by atoms with Gasteiger partial charge < -0.3 is 4.57 Å². The molecule has 1 aromatic carbocycles. The van der Waals surface area contributed by atoms with Gasteiger partial charge in [-0.15, -0.1) is 0 Å². The number of halogens is 1. The van der Waals surface area contributed by atoms with Gasteiger partial charge in [-0.3, -0.25) is 0 Å². The predicted molar refractivity (Wildman–Crippen MR) is 54.8 cm³/mol. The van der Waals surface area contributed by atoms with Gasteiger partial charge in [0.2, 0.25) is 0 Å². The van der Waals surface area contributed by atoms with E-state index in [1.807, 2.05) is 19.9 Å². The van der Waals surface area contributed by atoms with Crippen LogP contribution in [0.2, 0.25) is 0 Å². The minimum absolute atomic E-state index is 0.189. The van der Waals surface area contributed by atoms with Crippen LogP contribution in [0.5, 0.6) is 0 Å². The molecular weight excluding hydrogens is 179 g/mol. The zero-order chi connectivity index (χ0) is 10.3. The number of aromatic nitrogens is 2. The summed E-state index contributed by atoms with van der Waals surface area (Å²) in [5.74, 6) is 0.141. The lowest BCUT2D eigenvalue weighted by atomic mass is 10.0. The summed E-state index contributed by atoms with van der Waals surface area (Å²) in [7, 11) is 1.80. The number of aryl methyl sites for hydroxylation is 1. The van der Waals surface area contributed by atoms with Gasteiger partial charge in [-0.1, -0.05) is 13.8 Å². The molecule has 14 heavy (non-hydrogen) atoms. The largest absolute Gasteiger partial charge is 0.331 e. The van der Waals surface area contributed by atoms with Crippen molar-refractivity contribution < 1.29 is 4.39 Å². The molecule has 0 N–H and O–H groups in total. The van der Waals surface area contributed by atoms with Crippen LogP contribution in [-0.4, -0.2) is 9.55 Å². The zero-order valence-corrected chi connectivity index (χ0v) is 8.58. The van der Waals surface area contributed by atoms with Crippen LogP contribution in [-0.2, 0) is 7.05 Å². The van der Waals surface area contributed by atoms with Crippen LogP contribution in [0.25, 0.3) is 11.0 Å². The van der Waals surface area contributed by atoms with Crippen molar-refractivity contribution in [1.29, 1.82) is 0 Å². The molecule has 0 radical (unpaired) electrons. The lowest BCUT2D eigenvalue weighted by Crippen LogP contribution is -1.93. The average Bonchev–Trinajstić information content (AvgIpc) is 2.48. The smallest absolute Gasteiger partial charge is 0.149 e. The van der Waals surface area contributed by atoms with Crippen molar-refractivity contribution in [3.05, 3.63) is 29.8 Å². The summed E-state index contributed by atoms with van der Waals surface area (Å²) in [5.41, 5.74) is 2.30. The Kier molecular flexibility index (Phi) is 2.02. The highest BCUT2D eigenvalue weighted by molar-refractivity contribution is 5.76. The van der Waals surface area contributed by atoms with Crippen molar-refractivity contribution >= 4 is 11.0 Å². The van der Waals surface area contributed by atoms with Crippen molar-refractivity contribution in [2.75, 3.05) is 0 Å². The Morgan fingerprint density at radius 1 is 1.36 bits per heavy atom. The molecule has 0 amide bonds. The molecule has 2 aromatic rings. The lowest BCUT2D eigenvalue weighted by molar-refractivity contribution is 0.628. The Labute approximate surface area is 82.4 Å². The van der Waals surface area contributed by atoms with Gasteiger partial charge >= 0.3 is 0 Å². The second-order valence-electron chi connectivity index (χ2n) is 3.88. The van der Waals surface area contributed by atoms with Crippen molar-refractivity contribution in [3.63, 3.8) is 0 Å². The molecular formula is C11H13FN2. The Bertz CT molecular complexity index is 471. The van der Waals surface area contributed by atoms with Gasteiger partial charge in [0.05, 0.1) is 11.8 Å². The highest BCUT2D eigenvalue weighted by Crippen LogP contribution is 2.22. The van der Waals surface area contributed by atoms with Crippen molar-refractivity contribution in [1.82, 2.24) is 9.55 Å². The van der Waals surface area contributed by atoms with E-state index in [9.17, 15) is 4.39 Å². The van der Waals surface area contributed by atoms with E-state index < -0.39 is 0 Å². The Morgan fingerprint density at radius 3 is 2.71 bits per heavy atom. The molecule has 1 aromatic heterocycles. The van der Waals surface area contributed by atoms with E-state index in [1.54, 1.807) is 24.0 Å². The van der Waals surface area contributed by atoms with Crippen molar-refractivity contribution in [2.45, 2.75) is 19.8 Å². The molecule has 0 saturated carbocycles. The molecule has 74 valence electrons. The van der Waals surface area contributed by atoms with Crippen LogP contribution in [0.15, 0.2) is 18.5 Å². The fourth-order valence-electron chi connectivity index (χ4n) is 1.59. The molecule has 0 aliphatic heterocycles. The summed E-state index contributed by atoms with van der Waals surface area (Å²) in [4.78, 5) is 4.15. The standard InChI is InChI=1S/C11H13FN2/c1-7(2)8-4-9(12)11-10(5-8)13-6-14(11)3/h4-7H,1-3H3. The van der Waals surface area contributed by atoms with Crippen LogP contribution >= 0.6 is 0 Å². The zero-order valence-electron chi connectivity index (χ0n) is 8.58. The van der Waals surface area contributed by atoms with Gasteiger partial charge in [0.1, 0.15) is 11.3 Å². The Morgan fingerprint density at radius 2 is 2.07 bits per heavy atom. The highest BCUT2D eigenvalue weighted by Gasteiger charge is 2.09. The average molecular weight is 192 g/mol. The van der Waals surface area contributed by atoms with Gasteiger partial charge in [0.15, 0.2) is 0 Å². The minimum Gasteiger partial charge on any atom is -0.331 e. The van der Waals surface area contributed by atoms with E-state index in [-0.39, 0.29) is 5.82 Å². The molecule has 0 atom stereocenters. The van der Waals surface area contributed by atoms with Gasteiger partial charge in [-0.2, -0.15) is 0 Å². The van der Waals surface area contributed by atoms with E-state index >= 15 is 0 Å². The third-order valence-corrected chi connectivity index (χ3v) is 2.46. The van der Waals surface area contributed by atoms with E-state index in [2.05, 4.69) is 4.98 Å². The molecule has 3 heteroatoms. The maximum Gasteiger partial charge on any atom is 0.149 e. The number of benzene rings is 1. The van der Waals surface area contributed by atoms with Gasteiger partial charge in [-0.05, 0) is 23.6 Å². The number of nitrogens with zero attached hydrogens (tertiary/aromatic N) is 2. The second-order valence-corrected chi connectivity index (χ2v) is 3.88. The fourth-order valence-corrected chi connectivity index (χ4v) is 1.59. The normalized spacial score (nSPS) is 11.5. The van der Waals surface area contributed by atoms with E-state index in [0.29, 0.717) is 11.4 Å². The molecule has 0 aliphatic carbocycles. The first-order valence-electron chi connectivity index (χ1n) is 4.70. The summed E-state index contributed by atoms with van der Waals surface area (Å²) < 4.78 is 15.3. The summed E-state index contributed by atoms with van der Waals surface area (Å²) in [6.45, 7) is 4.09. The molecule has 0 saturated heterocycles. The van der Waals surface area contributed by atoms with Gasteiger partial charge in [0, 0.05) is 7.05 Å². The van der Waals surface area contributed by atoms with E-state index in [4.69, 9.17) is 0 Å². The molecule has 0 aliphatic rings. The van der Waals surface area contributed by atoms with Crippen molar-refractivity contribution in [3.8, 4) is 0 Å². The van der Waals surface area contributed by atoms with Gasteiger partial charge in [0.25, 0.3) is 0 Å². The monoisotopic (exact) mass is 192 g/mol. The van der Waals surface area contributed by atoms with E-state index in [0.717, 1.165) is 11.1 Å². The number of fused-ring (bicyclic) bond motifs is 1. The third-order valence-electron chi connectivity index (χ3n) is 2.46. The maximum atomic E-state index is 13.6. The van der Waals surface area contributed by atoms with Crippen LogP contribution in [0.1, 0.15) is 25.3 Å². The minimum atomic E-state index is -0.189. The fraction of sp³-hybridized carbons (Fsp3) is 0.364. The van der Waals surface area contributed by atoms with Crippen molar-refractivity contribution in [2.24, 2.45) is 7.05 Å². The first kappa shape index (κ1) is 9.19. The SMILES string of the molecule is CC(C)c1cc(F)c2c(c1)ncn2C. The van der Waals surface area contributed by atoms with Crippen LogP contribution in [0.3, 0.4) is 0 Å². The molecule has 2 rings (SSSR count). The molecule has 2 nitrogen and oxygen atoms in total. The molecule has 0 spiro atoms. The highest BCUT2D eigenvalue weighted by atomic mass is 19.1.